The summed E-state index contributed by atoms with van der Waals surface area (Å²) in [6.07, 6.45) is 4.33. The fourth-order valence-corrected chi connectivity index (χ4v) is 1.70. The molecule has 0 aliphatic carbocycles. The number of carbonyl (C=O) groups is 3. The molecule has 0 atom stereocenters. The number of carbonyl (C=O) groups excluding carboxylic acids is 2. The number of hydrogen-bond acceptors (Lipinski definition) is 5. The Labute approximate surface area is 137 Å². The highest BCUT2D eigenvalue weighted by molar-refractivity contribution is 5.96. The van der Waals surface area contributed by atoms with Crippen molar-refractivity contribution in [1.29, 1.82) is 0 Å². The predicted octanol–water partition coefficient (Wildman–Crippen LogP) is 0.660. The molecule has 1 aromatic carbocycles. The van der Waals surface area contributed by atoms with Crippen molar-refractivity contribution in [3.05, 3.63) is 65.5 Å². The molecule has 0 fully saturated rings. The topological polar surface area (TPSA) is 121 Å². The lowest BCUT2D eigenvalue weighted by atomic mass is 10.1. The Kier molecular flexibility index (Phi) is 5.73. The van der Waals surface area contributed by atoms with Crippen LogP contribution in [0.2, 0.25) is 0 Å². The van der Waals surface area contributed by atoms with Gasteiger partial charge in [0.2, 0.25) is 0 Å². The van der Waals surface area contributed by atoms with E-state index in [1.165, 1.54) is 42.9 Å². The van der Waals surface area contributed by atoms with Crippen LogP contribution in [0, 0.1) is 0 Å². The maximum Gasteiger partial charge on any atom is 0.335 e. The molecule has 0 aliphatic heterocycles. The number of carboxylic acid groups (broad SMARTS) is 1. The molecule has 1 heterocycles. The van der Waals surface area contributed by atoms with Crippen molar-refractivity contribution < 1.29 is 19.5 Å². The molecule has 0 unspecified atom stereocenters. The third-order valence-electron chi connectivity index (χ3n) is 2.91. The first-order valence-corrected chi connectivity index (χ1v) is 6.90. The van der Waals surface area contributed by atoms with Gasteiger partial charge in [0, 0.05) is 18.0 Å². The minimum atomic E-state index is -1.02. The van der Waals surface area contributed by atoms with Crippen LogP contribution >= 0.6 is 0 Å². The third-order valence-corrected chi connectivity index (χ3v) is 2.91. The van der Waals surface area contributed by atoms with Crippen molar-refractivity contribution in [3.8, 4) is 0 Å². The highest BCUT2D eigenvalue weighted by Gasteiger charge is 2.06. The molecule has 0 saturated heterocycles. The zero-order valence-electron chi connectivity index (χ0n) is 12.5. The lowest BCUT2D eigenvalue weighted by Gasteiger charge is -2.03. The van der Waals surface area contributed by atoms with Gasteiger partial charge in [0.1, 0.15) is 0 Å². The fraction of sp³-hybridized carbons (Fsp3) is 0.0625. The maximum absolute atomic E-state index is 11.7. The van der Waals surface area contributed by atoms with Crippen molar-refractivity contribution >= 4 is 24.0 Å². The van der Waals surface area contributed by atoms with E-state index in [-0.39, 0.29) is 18.0 Å². The molecule has 3 N–H and O–H groups in total. The van der Waals surface area contributed by atoms with Gasteiger partial charge in [-0.1, -0.05) is 12.1 Å². The van der Waals surface area contributed by atoms with Gasteiger partial charge >= 0.3 is 5.97 Å². The monoisotopic (exact) mass is 326 g/mol. The number of rotatable bonds is 6. The molecular weight excluding hydrogens is 312 g/mol. The Hall–Kier alpha value is -3.55. The summed E-state index contributed by atoms with van der Waals surface area (Å²) >= 11 is 0. The number of aromatic carboxylic acids is 1. The number of benzene rings is 1. The molecule has 1 aromatic heterocycles. The summed E-state index contributed by atoms with van der Waals surface area (Å²) in [7, 11) is 0. The van der Waals surface area contributed by atoms with Crippen LogP contribution in [0.5, 0.6) is 0 Å². The average molecular weight is 326 g/mol. The van der Waals surface area contributed by atoms with E-state index in [0.717, 1.165) is 0 Å². The standard InChI is InChI=1S/C16H14N4O4/c21-14(10-18-15(22)12-5-7-17-8-6-12)20-19-9-11-1-3-13(4-2-11)16(23)24/h1-9H,10H2,(H,18,22)(H,20,21)(H,23,24)/b19-9+. The van der Waals surface area contributed by atoms with Crippen LogP contribution in [0.1, 0.15) is 26.3 Å². The van der Waals surface area contributed by atoms with E-state index in [0.29, 0.717) is 11.1 Å². The smallest absolute Gasteiger partial charge is 0.335 e. The van der Waals surface area contributed by atoms with Crippen LogP contribution in [0.3, 0.4) is 0 Å². The van der Waals surface area contributed by atoms with E-state index in [2.05, 4.69) is 20.8 Å². The molecule has 24 heavy (non-hydrogen) atoms. The Morgan fingerprint density at radius 2 is 1.71 bits per heavy atom. The summed E-state index contributed by atoms with van der Waals surface area (Å²) in [6, 6.07) is 9.05. The minimum Gasteiger partial charge on any atom is -0.478 e. The van der Waals surface area contributed by atoms with Crippen molar-refractivity contribution in [2.75, 3.05) is 6.54 Å². The number of hydrogen-bond donors (Lipinski definition) is 3. The number of nitrogens with zero attached hydrogens (tertiary/aromatic N) is 2. The van der Waals surface area contributed by atoms with E-state index in [1.807, 2.05) is 0 Å². The molecule has 0 aliphatic rings. The Morgan fingerprint density at radius 1 is 1.04 bits per heavy atom. The lowest BCUT2D eigenvalue weighted by Crippen LogP contribution is -2.34. The van der Waals surface area contributed by atoms with Gasteiger partial charge < -0.3 is 10.4 Å². The summed E-state index contributed by atoms with van der Waals surface area (Å²) in [4.78, 5) is 37.8. The van der Waals surface area contributed by atoms with Crippen molar-refractivity contribution in [1.82, 2.24) is 15.7 Å². The van der Waals surface area contributed by atoms with Crippen LogP contribution in [-0.4, -0.2) is 40.6 Å². The summed E-state index contributed by atoms with van der Waals surface area (Å²) in [5.74, 6) is -1.90. The first-order valence-electron chi connectivity index (χ1n) is 6.90. The molecule has 0 bridgehead atoms. The predicted molar refractivity (Wildman–Crippen MR) is 85.7 cm³/mol. The molecule has 2 amide bonds. The van der Waals surface area contributed by atoms with Gasteiger partial charge in [-0.05, 0) is 29.8 Å². The second kappa shape index (κ2) is 8.18. The Bertz CT molecular complexity index is 757. The van der Waals surface area contributed by atoms with E-state index >= 15 is 0 Å². The molecule has 2 rings (SSSR count). The van der Waals surface area contributed by atoms with E-state index in [1.54, 1.807) is 12.1 Å². The molecular formula is C16H14N4O4. The summed E-state index contributed by atoms with van der Waals surface area (Å²) < 4.78 is 0. The fourth-order valence-electron chi connectivity index (χ4n) is 1.70. The summed E-state index contributed by atoms with van der Waals surface area (Å²) in [6.45, 7) is -0.226. The minimum absolute atomic E-state index is 0.162. The van der Waals surface area contributed by atoms with Gasteiger partial charge in [-0.15, -0.1) is 0 Å². The first kappa shape index (κ1) is 16.8. The van der Waals surface area contributed by atoms with Gasteiger partial charge in [-0.2, -0.15) is 5.10 Å². The maximum atomic E-state index is 11.7. The number of hydrazone groups is 1. The van der Waals surface area contributed by atoms with E-state index in [9.17, 15) is 14.4 Å². The van der Waals surface area contributed by atoms with Gasteiger partial charge in [0.25, 0.3) is 11.8 Å². The molecule has 0 saturated carbocycles. The van der Waals surface area contributed by atoms with Crippen molar-refractivity contribution in [3.63, 3.8) is 0 Å². The van der Waals surface area contributed by atoms with Crippen molar-refractivity contribution in [2.24, 2.45) is 5.10 Å². The molecule has 8 nitrogen and oxygen atoms in total. The third kappa shape index (κ3) is 5.02. The Balaban J connectivity index is 1.78. The molecule has 8 heteroatoms. The van der Waals surface area contributed by atoms with Crippen LogP contribution < -0.4 is 10.7 Å². The number of carboxylic acids is 1. The zero-order chi connectivity index (χ0) is 17.4. The van der Waals surface area contributed by atoms with Gasteiger partial charge in [0.15, 0.2) is 0 Å². The van der Waals surface area contributed by atoms with Gasteiger partial charge in [-0.3, -0.25) is 14.6 Å². The van der Waals surface area contributed by atoms with Crippen LogP contribution in [-0.2, 0) is 4.79 Å². The first-order chi connectivity index (χ1) is 11.6. The van der Waals surface area contributed by atoms with Crippen LogP contribution in [0.4, 0.5) is 0 Å². The lowest BCUT2D eigenvalue weighted by molar-refractivity contribution is -0.120. The number of pyridine rings is 1. The van der Waals surface area contributed by atoms with Crippen molar-refractivity contribution in [2.45, 2.75) is 0 Å². The second-order valence-corrected chi connectivity index (χ2v) is 4.64. The molecule has 0 radical (unpaired) electrons. The average Bonchev–Trinajstić information content (AvgIpc) is 2.61. The largest absolute Gasteiger partial charge is 0.478 e. The summed E-state index contributed by atoms with van der Waals surface area (Å²) in [5, 5.41) is 15.0. The van der Waals surface area contributed by atoms with Crippen LogP contribution in [0.25, 0.3) is 0 Å². The highest BCUT2D eigenvalue weighted by atomic mass is 16.4. The van der Waals surface area contributed by atoms with E-state index in [4.69, 9.17) is 5.11 Å². The van der Waals surface area contributed by atoms with E-state index < -0.39 is 11.9 Å². The van der Waals surface area contributed by atoms with Crippen LogP contribution in [0.15, 0.2) is 53.9 Å². The van der Waals surface area contributed by atoms with Gasteiger partial charge in [0.05, 0.1) is 18.3 Å². The number of amides is 2. The molecule has 0 spiro atoms. The second-order valence-electron chi connectivity index (χ2n) is 4.64. The normalized spacial score (nSPS) is 10.3. The Morgan fingerprint density at radius 3 is 2.33 bits per heavy atom. The number of aromatic nitrogens is 1. The quantitative estimate of drug-likeness (QED) is 0.532. The highest BCUT2D eigenvalue weighted by Crippen LogP contribution is 2.02. The molecule has 122 valence electrons. The molecule has 2 aromatic rings. The van der Waals surface area contributed by atoms with Gasteiger partial charge in [-0.25, -0.2) is 10.2 Å². The number of nitrogens with one attached hydrogen (secondary N) is 2. The SMILES string of the molecule is O=C(CNC(=O)c1ccncc1)N/N=C/c1ccc(C(=O)O)cc1. The zero-order valence-corrected chi connectivity index (χ0v) is 12.5. The summed E-state index contributed by atoms with van der Waals surface area (Å²) in [5.41, 5.74) is 3.45.